The van der Waals surface area contributed by atoms with E-state index >= 15 is 0 Å². The molecule has 108 valence electrons. The Kier molecular flexibility index (Phi) is 4.01. The van der Waals surface area contributed by atoms with Crippen molar-refractivity contribution in [1.82, 2.24) is 0 Å². The van der Waals surface area contributed by atoms with Crippen molar-refractivity contribution in [2.75, 3.05) is 0 Å². The summed E-state index contributed by atoms with van der Waals surface area (Å²) in [5, 5.41) is 18.9. The Balaban J connectivity index is 2.05. The van der Waals surface area contributed by atoms with Crippen LogP contribution in [0.3, 0.4) is 0 Å². The average molecular weight is 298 g/mol. The van der Waals surface area contributed by atoms with Crippen molar-refractivity contribution in [3.8, 4) is 0 Å². The predicted octanol–water partition coefficient (Wildman–Crippen LogP) is 1.78. The van der Waals surface area contributed by atoms with Crippen molar-refractivity contribution < 1.29 is 19.8 Å². The number of carboxylic acid groups (broad SMARTS) is 2. The van der Waals surface area contributed by atoms with E-state index in [1.54, 1.807) is 12.1 Å². The fraction of sp³-hybridized carbons (Fsp3) is 0.429. The van der Waals surface area contributed by atoms with Gasteiger partial charge in [-0.3, -0.25) is 9.59 Å². The van der Waals surface area contributed by atoms with Gasteiger partial charge in [0.15, 0.2) is 0 Å². The first-order valence-electron chi connectivity index (χ1n) is 6.34. The molecule has 2 rings (SSSR count). The maximum Gasteiger partial charge on any atom is 0.324 e. The van der Waals surface area contributed by atoms with E-state index < -0.39 is 29.3 Å². The number of carbonyl (C=O) groups is 2. The molecule has 1 aliphatic carbocycles. The van der Waals surface area contributed by atoms with Gasteiger partial charge < -0.3 is 15.9 Å². The molecule has 1 fully saturated rings. The number of carboxylic acids is 2. The molecule has 3 atom stereocenters. The fourth-order valence-corrected chi connectivity index (χ4v) is 2.62. The zero-order chi connectivity index (χ0) is 14.9. The predicted molar refractivity (Wildman–Crippen MR) is 73.6 cm³/mol. The maximum absolute atomic E-state index is 11.4. The van der Waals surface area contributed by atoms with Crippen LogP contribution >= 0.6 is 11.6 Å². The minimum Gasteiger partial charge on any atom is -0.481 e. The lowest BCUT2D eigenvalue weighted by Gasteiger charge is -2.25. The molecule has 0 saturated heterocycles. The first-order valence-corrected chi connectivity index (χ1v) is 6.72. The highest BCUT2D eigenvalue weighted by Crippen LogP contribution is 2.47. The number of benzene rings is 1. The summed E-state index contributed by atoms with van der Waals surface area (Å²) in [6.45, 7) is 0. The zero-order valence-electron chi connectivity index (χ0n) is 10.8. The Morgan fingerprint density at radius 3 is 2.35 bits per heavy atom. The van der Waals surface area contributed by atoms with E-state index in [1.807, 2.05) is 12.1 Å². The Hall–Kier alpha value is -1.59. The maximum atomic E-state index is 11.4. The van der Waals surface area contributed by atoms with E-state index in [-0.39, 0.29) is 6.42 Å². The van der Waals surface area contributed by atoms with Crippen LogP contribution in [0.5, 0.6) is 0 Å². The third kappa shape index (κ3) is 2.94. The average Bonchev–Trinajstić information content (AvgIpc) is 3.18. The molecular formula is C14H16ClNO4. The molecule has 0 aliphatic heterocycles. The molecule has 0 aromatic heterocycles. The van der Waals surface area contributed by atoms with Crippen molar-refractivity contribution in [2.45, 2.75) is 24.8 Å². The summed E-state index contributed by atoms with van der Waals surface area (Å²) in [6.07, 6.45) is 1.01. The van der Waals surface area contributed by atoms with Gasteiger partial charge in [-0.1, -0.05) is 23.7 Å². The van der Waals surface area contributed by atoms with E-state index in [0.717, 1.165) is 5.56 Å². The third-order valence-corrected chi connectivity index (χ3v) is 4.16. The molecule has 1 aromatic carbocycles. The summed E-state index contributed by atoms with van der Waals surface area (Å²) < 4.78 is 0. The summed E-state index contributed by atoms with van der Waals surface area (Å²) in [6, 6.07) is 7.08. The molecule has 1 aliphatic rings. The van der Waals surface area contributed by atoms with Crippen LogP contribution in [0.1, 0.15) is 18.4 Å². The van der Waals surface area contributed by atoms with Gasteiger partial charge in [0.1, 0.15) is 5.54 Å². The lowest BCUT2D eigenvalue weighted by atomic mass is 9.86. The van der Waals surface area contributed by atoms with Crippen molar-refractivity contribution >= 4 is 23.5 Å². The molecule has 1 unspecified atom stereocenters. The minimum absolute atomic E-state index is 0.207. The number of aryl methyl sites for hydroxylation is 1. The van der Waals surface area contributed by atoms with Crippen LogP contribution in [0.4, 0.5) is 0 Å². The number of hydrogen-bond acceptors (Lipinski definition) is 3. The van der Waals surface area contributed by atoms with Crippen LogP contribution in [0.2, 0.25) is 5.02 Å². The van der Waals surface area contributed by atoms with Crippen LogP contribution < -0.4 is 5.73 Å². The van der Waals surface area contributed by atoms with Crippen molar-refractivity contribution in [3.63, 3.8) is 0 Å². The molecule has 20 heavy (non-hydrogen) atoms. The number of nitrogens with two attached hydrogens (primary N) is 1. The van der Waals surface area contributed by atoms with Gasteiger partial charge in [-0.15, -0.1) is 0 Å². The summed E-state index contributed by atoms with van der Waals surface area (Å²) in [7, 11) is 0. The zero-order valence-corrected chi connectivity index (χ0v) is 11.5. The van der Waals surface area contributed by atoms with Crippen LogP contribution in [0.25, 0.3) is 0 Å². The standard InChI is InChI=1S/C14H16ClNO4/c15-9-3-1-8(2-4-9)5-6-14(16,13(19)20)11-7-10(11)12(17)18/h1-4,10-11H,5-7,16H2,(H,17,18)(H,19,20)/t10-,11-,14?/m0/s1. The van der Waals surface area contributed by atoms with Gasteiger partial charge in [0.05, 0.1) is 5.92 Å². The largest absolute Gasteiger partial charge is 0.481 e. The van der Waals surface area contributed by atoms with E-state index in [1.165, 1.54) is 0 Å². The second kappa shape index (κ2) is 5.42. The van der Waals surface area contributed by atoms with Gasteiger partial charge in [0, 0.05) is 10.9 Å². The Morgan fingerprint density at radius 1 is 1.30 bits per heavy atom. The summed E-state index contributed by atoms with van der Waals surface area (Å²) in [5.74, 6) is -3.25. The normalized spacial score (nSPS) is 23.9. The van der Waals surface area contributed by atoms with Crippen molar-refractivity contribution in [2.24, 2.45) is 17.6 Å². The smallest absolute Gasteiger partial charge is 0.324 e. The Bertz CT molecular complexity index is 530. The van der Waals surface area contributed by atoms with Crippen LogP contribution in [-0.4, -0.2) is 27.7 Å². The second-order valence-electron chi connectivity index (χ2n) is 5.26. The van der Waals surface area contributed by atoms with E-state index in [2.05, 4.69) is 0 Å². The molecule has 0 spiro atoms. The lowest BCUT2D eigenvalue weighted by molar-refractivity contribution is -0.145. The third-order valence-electron chi connectivity index (χ3n) is 3.91. The highest BCUT2D eigenvalue weighted by Gasteiger charge is 2.57. The van der Waals surface area contributed by atoms with Crippen LogP contribution in [0, 0.1) is 11.8 Å². The highest BCUT2D eigenvalue weighted by atomic mass is 35.5. The van der Waals surface area contributed by atoms with Crippen LogP contribution in [0.15, 0.2) is 24.3 Å². The first kappa shape index (κ1) is 14.8. The SMILES string of the molecule is NC(CCc1ccc(Cl)cc1)(C(=O)O)[C@H]1C[C@@H]1C(=O)O. The van der Waals surface area contributed by atoms with E-state index in [4.69, 9.17) is 22.4 Å². The molecule has 0 radical (unpaired) electrons. The summed E-state index contributed by atoms with van der Waals surface area (Å²) in [4.78, 5) is 22.3. The quantitative estimate of drug-likeness (QED) is 0.743. The molecule has 0 bridgehead atoms. The molecule has 5 nitrogen and oxygen atoms in total. The topological polar surface area (TPSA) is 101 Å². The van der Waals surface area contributed by atoms with Gasteiger partial charge >= 0.3 is 11.9 Å². The van der Waals surface area contributed by atoms with Crippen LogP contribution in [-0.2, 0) is 16.0 Å². The van der Waals surface area contributed by atoms with Crippen molar-refractivity contribution in [3.05, 3.63) is 34.9 Å². The monoisotopic (exact) mass is 297 g/mol. The number of aliphatic carboxylic acids is 2. The Morgan fingerprint density at radius 2 is 1.90 bits per heavy atom. The van der Waals surface area contributed by atoms with Gasteiger partial charge in [-0.25, -0.2) is 0 Å². The summed E-state index contributed by atoms with van der Waals surface area (Å²) >= 11 is 5.78. The Labute approximate surface area is 121 Å². The molecule has 0 amide bonds. The van der Waals surface area contributed by atoms with Gasteiger partial charge in [-0.2, -0.15) is 0 Å². The fourth-order valence-electron chi connectivity index (χ4n) is 2.49. The van der Waals surface area contributed by atoms with Gasteiger partial charge in [0.2, 0.25) is 0 Å². The molecule has 1 saturated carbocycles. The number of hydrogen-bond donors (Lipinski definition) is 3. The second-order valence-corrected chi connectivity index (χ2v) is 5.70. The van der Waals surface area contributed by atoms with Crippen molar-refractivity contribution in [1.29, 1.82) is 0 Å². The van der Waals surface area contributed by atoms with E-state index in [0.29, 0.717) is 17.9 Å². The molecule has 4 N–H and O–H groups in total. The first-order chi connectivity index (χ1) is 9.34. The van der Waals surface area contributed by atoms with Gasteiger partial charge in [-0.05, 0) is 37.0 Å². The number of halogens is 1. The van der Waals surface area contributed by atoms with Gasteiger partial charge in [0.25, 0.3) is 0 Å². The lowest BCUT2D eigenvalue weighted by Crippen LogP contribution is -2.51. The highest BCUT2D eigenvalue weighted by molar-refractivity contribution is 6.30. The molecule has 1 aromatic rings. The van der Waals surface area contributed by atoms with E-state index in [9.17, 15) is 14.7 Å². The molecular weight excluding hydrogens is 282 g/mol. The number of rotatable bonds is 6. The molecule has 6 heteroatoms. The molecule has 0 heterocycles. The summed E-state index contributed by atoms with van der Waals surface area (Å²) in [5.41, 5.74) is 5.41. The minimum atomic E-state index is -1.48.